The zero-order chi connectivity index (χ0) is 17.1. The fourth-order valence-corrected chi connectivity index (χ4v) is 2.29. The van der Waals surface area contributed by atoms with Gasteiger partial charge in [0.15, 0.2) is 5.69 Å². The van der Waals surface area contributed by atoms with Crippen molar-refractivity contribution in [3.05, 3.63) is 76.2 Å². The number of ketones is 1. The minimum Gasteiger partial charge on any atom is -0.417 e. The van der Waals surface area contributed by atoms with Gasteiger partial charge >= 0.3 is 0 Å². The van der Waals surface area contributed by atoms with Gasteiger partial charge in [-0.05, 0) is 36.4 Å². The maximum absolute atomic E-state index is 12.3. The van der Waals surface area contributed by atoms with Crippen molar-refractivity contribution in [2.45, 2.75) is 0 Å². The molecule has 6 nitrogen and oxygen atoms in total. The summed E-state index contributed by atoms with van der Waals surface area (Å²) in [6.07, 6.45) is 0. The zero-order valence-corrected chi connectivity index (χ0v) is 13.9. The largest absolute Gasteiger partial charge is 0.417 e. The van der Waals surface area contributed by atoms with E-state index >= 15 is 0 Å². The normalized spacial score (nSPS) is 10.4. The van der Waals surface area contributed by atoms with Crippen molar-refractivity contribution in [1.82, 2.24) is 4.98 Å². The lowest BCUT2D eigenvalue weighted by molar-refractivity contribution is 0.100. The van der Waals surface area contributed by atoms with Crippen molar-refractivity contribution in [2.75, 3.05) is 11.1 Å². The van der Waals surface area contributed by atoms with Crippen molar-refractivity contribution in [1.29, 1.82) is 0 Å². The molecule has 2 aromatic carbocycles. The standard InChI is InChI=1S/C17H12BrN3O3/c18-11-8-6-10(7-9-11)14(22)17-21-13(15(19)24-17)16(23)20-12-4-2-1-3-5-12/h1-9H,19H2,(H,20,23). The predicted octanol–water partition coefficient (Wildman–Crippen LogP) is 3.50. The van der Waals surface area contributed by atoms with Crippen LogP contribution in [0.3, 0.4) is 0 Å². The lowest BCUT2D eigenvalue weighted by Crippen LogP contribution is -2.14. The van der Waals surface area contributed by atoms with Gasteiger partial charge in [-0.2, -0.15) is 4.98 Å². The first kappa shape index (κ1) is 15.9. The molecule has 3 rings (SSSR count). The van der Waals surface area contributed by atoms with Crippen LogP contribution in [0.25, 0.3) is 0 Å². The number of nitrogens with zero attached hydrogens (tertiary/aromatic N) is 1. The van der Waals surface area contributed by atoms with E-state index < -0.39 is 11.7 Å². The number of para-hydroxylation sites is 1. The average Bonchev–Trinajstić information content (AvgIpc) is 2.98. The Balaban J connectivity index is 1.83. The van der Waals surface area contributed by atoms with Crippen molar-refractivity contribution in [3.63, 3.8) is 0 Å². The quantitative estimate of drug-likeness (QED) is 0.669. The molecule has 0 aliphatic rings. The van der Waals surface area contributed by atoms with Crippen LogP contribution in [-0.2, 0) is 0 Å². The van der Waals surface area contributed by atoms with Gasteiger partial charge in [0.2, 0.25) is 11.7 Å². The monoisotopic (exact) mass is 385 g/mol. The van der Waals surface area contributed by atoms with Gasteiger partial charge in [0.25, 0.3) is 11.8 Å². The van der Waals surface area contributed by atoms with Crippen LogP contribution in [0.1, 0.15) is 26.7 Å². The summed E-state index contributed by atoms with van der Waals surface area (Å²) in [5, 5.41) is 2.64. The summed E-state index contributed by atoms with van der Waals surface area (Å²) in [6, 6.07) is 15.5. The number of halogens is 1. The molecule has 1 amide bonds. The van der Waals surface area contributed by atoms with Crippen molar-refractivity contribution in [2.24, 2.45) is 0 Å². The SMILES string of the molecule is Nc1oc(C(=O)c2ccc(Br)cc2)nc1C(=O)Nc1ccccc1. The van der Waals surface area contributed by atoms with E-state index in [1.807, 2.05) is 6.07 Å². The number of carbonyl (C=O) groups is 2. The minimum atomic E-state index is -0.544. The molecule has 7 heteroatoms. The summed E-state index contributed by atoms with van der Waals surface area (Å²) >= 11 is 3.29. The summed E-state index contributed by atoms with van der Waals surface area (Å²) in [5.74, 6) is -1.43. The third-order valence-electron chi connectivity index (χ3n) is 3.20. The van der Waals surface area contributed by atoms with Crippen LogP contribution in [0.2, 0.25) is 0 Å². The van der Waals surface area contributed by atoms with E-state index in [4.69, 9.17) is 10.2 Å². The van der Waals surface area contributed by atoms with E-state index in [0.29, 0.717) is 11.3 Å². The molecule has 0 unspecified atom stereocenters. The van der Waals surface area contributed by atoms with Gasteiger partial charge in [0.05, 0.1) is 0 Å². The smallest absolute Gasteiger partial charge is 0.279 e. The number of hydrogen-bond acceptors (Lipinski definition) is 5. The van der Waals surface area contributed by atoms with Gasteiger partial charge in [-0.1, -0.05) is 34.1 Å². The molecular formula is C17H12BrN3O3. The van der Waals surface area contributed by atoms with E-state index in [1.165, 1.54) is 0 Å². The van der Waals surface area contributed by atoms with Crippen molar-refractivity contribution < 1.29 is 14.0 Å². The second-order valence-corrected chi connectivity index (χ2v) is 5.80. The fourth-order valence-electron chi connectivity index (χ4n) is 2.03. The Kier molecular flexibility index (Phi) is 4.43. The summed E-state index contributed by atoms with van der Waals surface area (Å²) in [7, 11) is 0. The van der Waals surface area contributed by atoms with Crippen molar-refractivity contribution in [3.8, 4) is 0 Å². The zero-order valence-electron chi connectivity index (χ0n) is 12.3. The highest BCUT2D eigenvalue weighted by molar-refractivity contribution is 9.10. The highest BCUT2D eigenvalue weighted by Gasteiger charge is 2.23. The molecule has 0 saturated carbocycles. The van der Waals surface area contributed by atoms with Crippen molar-refractivity contribution >= 4 is 39.2 Å². The van der Waals surface area contributed by atoms with Gasteiger partial charge in [-0.25, -0.2) is 0 Å². The minimum absolute atomic E-state index is 0.126. The molecule has 1 heterocycles. The summed E-state index contributed by atoms with van der Waals surface area (Å²) in [4.78, 5) is 28.5. The molecule has 1 aromatic heterocycles. The third-order valence-corrected chi connectivity index (χ3v) is 3.73. The van der Waals surface area contributed by atoms with Crippen LogP contribution in [0.4, 0.5) is 11.6 Å². The van der Waals surface area contributed by atoms with Crippen LogP contribution in [0, 0.1) is 0 Å². The second kappa shape index (κ2) is 6.67. The van der Waals surface area contributed by atoms with E-state index in [-0.39, 0.29) is 17.5 Å². The molecule has 3 aromatic rings. The van der Waals surface area contributed by atoms with Crippen LogP contribution < -0.4 is 11.1 Å². The highest BCUT2D eigenvalue weighted by atomic mass is 79.9. The fraction of sp³-hybridized carbons (Fsp3) is 0. The van der Waals surface area contributed by atoms with Gasteiger partial charge < -0.3 is 15.5 Å². The van der Waals surface area contributed by atoms with Crippen LogP contribution in [0.15, 0.2) is 63.5 Å². The second-order valence-electron chi connectivity index (χ2n) is 4.89. The molecule has 120 valence electrons. The predicted molar refractivity (Wildman–Crippen MR) is 92.9 cm³/mol. The number of nitrogens with two attached hydrogens (primary N) is 1. The lowest BCUT2D eigenvalue weighted by Gasteiger charge is -2.01. The van der Waals surface area contributed by atoms with E-state index in [0.717, 1.165) is 4.47 Å². The molecule has 0 aliphatic heterocycles. The molecule has 0 atom stereocenters. The Hall–Kier alpha value is -2.93. The number of rotatable bonds is 4. The number of nitrogen functional groups attached to an aromatic ring is 1. The average molecular weight is 386 g/mol. The number of hydrogen-bond donors (Lipinski definition) is 2. The maximum atomic E-state index is 12.3. The van der Waals surface area contributed by atoms with E-state index in [9.17, 15) is 9.59 Å². The molecule has 0 radical (unpaired) electrons. The first-order valence-electron chi connectivity index (χ1n) is 6.97. The Labute approximate surface area is 145 Å². The van der Waals surface area contributed by atoms with Gasteiger partial charge in [0.1, 0.15) is 0 Å². The first-order valence-corrected chi connectivity index (χ1v) is 7.77. The summed E-state index contributed by atoms with van der Waals surface area (Å²) < 4.78 is 6.01. The third kappa shape index (κ3) is 3.36. The molecule has 0 fully saturated rings. The first-order chi connectivity index (χ1) is 11.5. The Bertz CT molecular complexity index is 889. The van der Waals surface area contributed by atoms with Gasteiger partial charge in [-0.15, -0.1) is 0 Å². The van der Waals surface area contributed by atoms with E-state index in [1.54, 1.807) is 48.5 Å². The number of amides is 1. The molecule has 0 aliphatic carbocycles. The molecule has 0 saturated heterocycles. The number of nitrogens with one attached hydrogen (secondary N) is 1. The molecule has 3 N–H and O–H groups in total. The number of benzene rings is 2. The molecule has 0 spiro atoms. The van der Waals surface area contributed by atoms with Gasteiger partial charge in [0, 0.05) is 15.7 Å². The Morgan fingerprint density at radius 3 is 2.38 bits per heavy atom. The van der Waals surface area contributed by atoms with E-state index in [2.05, 4.69) is 26.2 Å². The number of oxazole rings is 1. The summed E-state index contributed by atoms with van der Waals surface area (Å²) in [6.45, 7) is 0. The lowest BCUT2D eigenvalue weighted by atomic mass is 10.1. The molecular weight excluding hydrogens is 374 g/mol. The number of aromatic nitrogens is 1. The summed E-state index contributed by atoms with van der Waals surface area (Å²) in [5.41, 5.74) is 6.53. The molecule has 0 bridgehead atoms. The maximum Gasteiger partial charge on any atom is 0.279 e. The number of anilines is 2. The highest BCUT2D eigenvalue weighted by Crippen LogP contribution is 2.19. The Morgan fingerprint density at radius 1 is 1.04 bits per heavy atom. The topological polar surface area (TPSA) is 98.2 Å². The van der Waals surface area contributed by atoms with Crippen LogP contribution >= 0.6 is 15.9 Å². The number of carbonyl (C=O) groups excluding carboxylic acids is 2. The Morgan fingerprint density at radius 2 is 1.71 bits per heavy atom. The van der Waals surface area contributed by atoms with Gasteiger partial charge in [-0.3, -0.25) is 9.59 Å². The molecule has 24 heavy (non-hydrogen) atoms. The van der Waals surface area contributed by atoms with Crippen LogP contribution in [0.5, 0.6) is 0 Å². The van der Waals surface area contributed by atoms with Crippen LogP contribution in [-0.4, -0.2) is 16.7 Å².